The van der Waals surface area contributed by atoms with Crippen molar-refractivity contribution in [3.63, 3.8) is 0 Å². The number of rotatable bonds is 3. The molecule has 0 aliphatic carbocycles. The normalized spacial score (nSPS) is 15.0. The number of aromatic amines is 2. The summed E-state index contributed by atoms with van der Waals surface area (Å²) >= 11 is 0. The molecule has 1 amide bonds. The van der Waals surface area contributed by atoms with Gasteiger partial charge in [-0.15, -0.1) is 0 Å². The Morgan fingerprint density at radius 1 is 1.27 bits per heavy atom. The average molecular weight is 350 g/mol. The summed E-state index contributed by atoms with van der Waals surface area (Å²) < 4.78 is 0. The zero-order chi connectivity index (χ0) is 18.3. The number of aromatic nitrogens is 4. The quantitative estimate of drug-likeness (QED) is 0.672. The fraction of sp³-hybridized carbons (Fsp3) is 0.316. The Balaban J connectivity index is 1.55. The number of imidazole rings is 1. The molecule has 2 aromatic heterocycles. The molecule has 0 spiro atoms. The predicted molar refractivity (Wildman–Crippen MR) is 98.1 cm³/mol. The lowest BCUT2D eigenvalue weighted by Gasteiger charge is -2.28. The summed E-state index contributed by atoms with van der Waals surface area (Å²) in [5, 5.41) is 7.04. The first kappa shape index (κ1) is 16.5. The molecule has 4 N–H and O–H groups in total. The minimum Gasteiger partial charge on any atom is -0.340 e. The molecule has 3 aromatic rings. The van der Waals surface area contributed by atoms with E-state index in [9.17, 15) is 4.79 Å². The summed E-state index contributed by atoms with van der Waals surface area (Å²) in [7, 11) is 0. The van der Waals surface area contributed by atoms with Crippen molar-refractivity contribution in [3.05, 3.63) is 58.7 Å². The van der Waals surface area contributed by atoms with Crippen LogP contribution in [0.15, 0.2) is 30.3 Å². The Bertz CT molecular complexity index is 923. The Kier molecular flexibility index (Phi) is 4.08. The Morgan fingerprint density at radius 2 is 2.04 bits per heavy atom. The topological polar surface area (TPSA) is 104 Å². The highest BCUT2D eigenvalue weighted by Gasteiger charge is 2.30. The number of nitrogens with zero attached hydrogens (tertiary/aromatic N) is 3. The molecule has 26 heavy (non-hydrogen) atoms. The van der Waals surface area contributed by atoms with Gasteiger partial charge in [0.25, 0.3) is 0 Å². The van der Waals surface area contributed by atoms with Crippen LogP contribution in [0.5, 0.6) is 0 Å². The van der Waals surface area contributed by atoms with Crippen LogP contribution in [0.4, 0.5) is 0 Å². The third-order valence-electron chi connectivity index (χ3n) is 4.95. The van der Waals surface area contributed by atoms with Crippen molar-refractivity contribution in [2.75, 3.05) is 6.54 Å². The number of amides is 1. The molecule has 1 aromatic carbocycles. The SMILES string of the molecule is Cc1n[nH]c(C)c1[C@@H](N)C(=O)N1CCc2nc(-c3ccccc3)[nH]c2C1. The number of carbonyl (C=O) groups is 1. The van der Waals surface area contributed by atoms with Gasteiger partial charge in [-0.1, -0.05) is 30.3 Å². The minimum atomic E-state index is -0.702. The van der Waals surface area contributed by atoms with Gasteiger partial charge >= 0.3 is 0 Å². The molecule has 1 aliphatic heterocycles. The van der Waals surface area contributed by atoms with E-state index in [4.69, 9.17) is 10.7 Å². The Labute approximate surface area is 151 Å². The highest BCUT2D eigenvalue weighted by Crippen LogP contribution is 2.25. The van der Waals surface area contributed by atoms with Crippen LogP contribution in [0, 0.1) is 13.8 Å². The number of H-pyrrole nitrogens is 2. The van der Waals surface area contributed by atoms with Gasteiger partial charge in [0, 0.05) is 29.8 Å². The van der Waals surface area contributed by atoms with Crippen molar-refractivity contribution in [2.45, 2.75) is 32.9 Å². The Morgan fingerprint density at radius 3 is 2.73 bits per heavy atom. The van der Waals surface area contributed by atoms with E-state index in [2.05, 4.69) is 15.2 Å². The summed E-state index contributed by atoms with van der Waals surface area (Å²) in [6.07, 6.45) is 0.723. The first-order valence-corrected chi connectivity index (χ1v) is 8.73. The van der Waals surface area contributed by atoms with Crippen LogP contribution in [-0.2, 0) is 17.8 Å². The first-order valence-electron chi connectivity index (χ1n) is 8.73. The van der Waals surface area contributed by atoms with E-state index in [0.29, 0.717) is 13.1 Å². The monoisotopic (exact) mass is 350 g/mol. The molecular weight excluding hydrogens is 328 g/mol. The van der Waals surface area contributed by atoms with Crippen LogP contribution in [0.2, 0.25) is 0 Å². The van der Waals surface area contributed by atoms with Crippen molar-refractivity contribution < 1.29 is 4.79 Å². The smallest absolute Gasteiger partial charge is 0.244 e. The number of aryl methyl sites for hydroxylation is 2. The van der Waals surface area contributed by atoms with E-state index in [1.54, 1.807) is 4.90 Å². The minimum absolute atomic E-state index is 0.0842. The van der Waals surface area contributed by atoms with Gasteiger partial charge in [-0.3, -0.25) is 9.89 Å². The van der Waals surface area contributed by atoms with Crippen molar-refractivity contribution in [1.29, 1.82) is 0 Å². The zero-order valence-corrected chi connectivity index (χ0v) is 14.9. The number of nitrogens with one attached hydrogen (secondary N) is 2. The van der Waals surface area contributed by atoms with E-state index in [0.717, 1.165) is 46.1 Å². The summed E-state index contributed by atoms with van der Waals surface area (Å²) in [4.78, 5) is 22.8. The molecule has 134 valence electrons. The van der Waals surface area contributed by atoms with E-state index in [-0.39, 0.29) is 5.91 Å². The van der Waals surface area contributed by atoms with Crippen molar-refractivity contribution >= 4 is 5.91 Å². The Hall–Kier alpha value is -2.93. The molecule has 0 saturated carbocycles. The lowest BCUT2D eigenvalue weighted by molar-refractivity contribution is -0.133. The van der Waals surface area contributed by atoms with Crippen molar-refractivity contribution in [1.82, 2.24) is 25.1 Å². The van der Waals surface area contributed by atoms with Crippen molar-refractivity contribution in [2.24, 2.45) is 5.73 Å². The molecule has 7 heteroatoms. The largest absolute Gasteiger partial charge is 0.340 e. The second-order valence-electron chi connectivity index (χ2n) is 6.71. The fourth-order valence-electron chi connectivity index (χ4n) is 3.55. The molecule has 0 saturated heterocycles. The molecule has 4 rings (SSSR count). The van der Waals surface area contributed by atoms with Crippen LogP contribution >= 0.6 is 0 Å². The maximum Gasteiger partial charge on any atom is 0.244 e. The lowest BCUT2D eigenvalue weighted by Crippen LogP contribution is -2.41. The molecule has 3 heterocycles. The van der Waals surface area contributed by atoms with E-state index < -0.39 is 6.04 Å². The van der Waals surface area contributed by atoms with Gasteiger partial charge in [-0.2, -0.15) is 5.10 Å². The second-order valence-corrected chi connectivity index (χ2v) is 6.71. The summed E-state index contributed by atoms with van der Waals surface area (Å²) in [5.41, 5.74) is 11.7. The van der Waals surface area contributed by atoms with E-state index in [1.807, 2.05) is 44.2 Å². The highest BCUT2D eigenvalue weighted by molar-refractivity contribution is 5.83. The van der Waals surface area contributed by atoms with Crippen LogP contribution < -0.4 is 5.73 Å². The summed E-state index contributed by atoms with van der Waals surface area (Å²) in [5.74, 6) is 0.759. The molecule has 0 fully saturated rings. The number of hydrogen-bond donors (Lipinski definition) is 3. The van der Waals surface area contributed by atoms with Gasteiger partial charge in [-0.25, -0.2) is 4.98 Å². The number of fused-ring (bicyclic) bond motifs is 1. The highest BCUT2D eigenvalue weighted by atomic mass is 16.2. The van der Waals surface area contributed by atoms with E-state index >= 15 is 0 Å². The van der Waals surface area contributed by atoms with Crippen LogP contribution in [0.3, 0.4) is 0 Å². The summed E-state index contributed by atoms with van der Waals surface area (Å²) in [6, 6.07) is 9.30. The van der Waals surface area contributed by atoms with Crippen LogP contribution in [0.1, 0.15) is 34.4 Å². The molecule has 0 bridgehead atoms. The van der Waals surface area contributed by atoms with Crippen LogP contribution in [0.25, 0.3) is 11.4 Å². The number of hydrogen-bond acceptors (Lipinski definition) is 4. The molecule has 1 atom stereocenters. The van der Waals surface area contributed by atoms with Gasteiger partial charge in [-0.05, 0) is 13.8 Å². The molecule has 7 nitrogen and oxygen atoms in total. The maximum atomic E-state index is 12.9. The fourth-order valence-corrected chi connectivity index (χ4v) is 3.55. The second kappa shape index (κ2) is 6.42. The lowest BCUT2D eigenvalue weighted by atomic mass is 10.0. The van der Waals surface area contributed by atoms with Crippen LogP contribution in [-0.4, -0.2) is 37.5 Å². The standard InChI is InChI=1S/C19H22N6O/c1-11-16(12(2)24-23-11)17(20)19(26)25-9-8-14-15(10-25)22-18(21-14)13-6-4-3-5-7-13/h3-7,17H,8-10,20H2,1-2H3,(H,21,22)(H,23,24)/t17-/m1/s1. The number of benzene rings is 1. The zero-order valence-electron chi connectivity index (χ0n) is 14.9. The van der Waals surface area contributed by atoms with Gasteiger partial charge < -0.3 is 15.6 Å². The average Bonchev–Trinajstić information content (AvgIpc) is 3.23. The maximum absolute atomic E-state index is 12.9. The van der Waals surface area contributed by atoms with Gasteiger partial charge in [0.2, 0.25) is 5.91 Å². The van der Waals surface area contributed by atoms with Gasteiger partial charge in [0.1, 0.15) is 11.9 Å². The first-order chi connectivity index (χ1) is 12.5. The number of nitrogens with two attached hydrogens (primary N) is 1. The third kappa shape index (κ3) is 2.80. The van der Waals surface area contributed by atoms with Crippen molar-refractivity contribution in [3.8, 4) is 11.4 Å². The summed E-state index contributed by atoms with van der Waals surface area (Å²) in [6.45, 7) is 4.87. The van der Waals surface area contributed by atoms with Gasteiger partial charge in [0.15, 0.2) is 0 Å². The van der Waals surface area contributed by atoms with Gasteiger partial charge in [0.05, 0.1) is 23.6 Å². The predicted octanol–water partition coefficient (Wildman–Crippen LogP) is 2.00. The molecule has 1 aliphatic rings. The van der Waals surface area contributed by atoms with E-state index in [1.165, 1.54) is 0 Å². The number of carbonyl (C=O) groups excluding carboxylic acids is 1. The molecular formula is C19H22N6O. The molecule has 0 unspecified atom stereocenters. The third-order valence-corrected chi connectivity index (χ3v) is 4.95. The molecule has 0 radical (unpaired) electrons.